The number of H-pyrrole nitrogens is 1. The average molecular weight is 239 g/mol. The van der Waals surface area contributed by atoms with Gasteiger partial charge in [-0.3, -0.25) is 4.79 Å². The van der Waals surface area contributed by atoms with Gasteiger partial charge in [-0.2, -0.15) is 0 Å². The van der Waals surface area contributed by atoms with Gasteiger partial charge >= 0.3 is 0 Å². The van der Waals surface area contributed by atoms with E-state index in [9.17, 15) is 4.79 Å². The molecular formula is C15H13NO2. The summed E-state index contributed by atoms with van der Waals surface area (Å²) in [5.74, 6) is 0.690. The van der Waals surface area contributed by atoms with E-state index < -0.39 is 0 Å². The number of methoxy groups -OCH3 is 1. The number of nitrogens with one attached hydrogen (secondary N) is 1. The summed E-state index contributed by atoms with van der Waals surface area (Å²) in [5, 5.41) is 1.38. The van der Waals surface area contributed by atoms with Crippen LogP contribution in [0.2, 0.25) is 0 Å². The first-order chi connectivity index (χ1) is 8.72. The zero-order valence-electron chi connectivity index (χ0n) is 10.3. The Hall–Kier alpha value is -2.29. The normalized spacial score (nSPS) is 11.0. The minimum Gasteiger partial charge on any atom is -0.495 e. The molecule has 0 saturated heterocycles. The van der Waals surface area contributed by atoms with Crippen LogP contribution in [0, 0.1) is 6.92 Å². The molecule has 1 aromatic heterocycles. The third kappa shape index (κ3) is 1.40. The summed E-state index contributed by atoms with van der Waals surface area (Å²) in [5.41, 5.74) is 2.73. The molecule has 2 aromatic carbocycles. The van der Waals surface area contributed by atoms with Crippen molar-refractivity contribution in [1.82, 2.24) is 4.98 Å². The maximum absolute atomic E-state index is 12.4. The number of aryl methyl sites for hydroxylation is 1. The topological polar surface area (TPSA) is 42.1 Å². The van der Waals surface area contributed by atoms with Crippen LogP contribution in [-0.2, 0) is 0 Å². The predicted molar refractivity (Wildman–Crippen MR) is 73.4 cm³/mol. The number of benzene rings is 2. The van der Waals surface area contributed by atoms with Crippen molar-refractivity contribution in [3.05, 3.63) is 52.2 Å². The Morgan fingerprint density at radius 1 is 1.00 bits per heavy atom. The number of rotatable bonds is 1. The first-order valence-electron chi connectivity index (χ1n) is 5.80. The lowest BCUT2D eigenvalue weighted by Crippen LogP contribution is -2.05. The van der Waals surface area contributed by atoms with Crippen molar-refractivity contribution in [2.24, 2.45) is 0 Å². The maximum Gasteiger partial charge on any atom is 0.197 e. The van der Waals surface area contributed by atoms with Gasteiger partial charge in [-0.1, -0.05) is 18.2 Å². The van der Waals surface area contributed by atoms with Gasteiger partial charge in [0.1, 0.15) is 5.75 Å². The molecule has 0 aliphatic rings. The van der Waals surface area contributed by atoms with Crippen LogP contribution in [0.3, 0.4) is 0 Å². The minimum atomic E-state index is 0.0429. The molecule has 0 aliphatic heterocycles. The summed E-state index contributed by atoms with van der Waals surface area (Å²) in [6, 6.07) is 11.2. The zero-order chi connectivity index (χ0) is 12.7. The molecule has 3 rings (SSSR count). The van der Waals surface area contributed by atoms with E-state index in [0.717, 1.165) is 22.0 Å². The Labute approximate surface area is 104 Å². The Balaban J connectivity index is 2.61. The van der Waals surface area contributed by atoms with Gasteiger partial charge in [-0.15, -0.1) is 0 Å². The Bertz CT molecular complexity index is 803. The lowest BCUT2D eigenvalue weighted by Gasteiger charge is -2.08. The summed E-state index contributed by atoms with van der Waals surface area (Å²) >= 11 is 0. The number of aromatic amines is 1. The van der Waals surface area contributed by atoms with Crippen LogP contribution in [0.5, 0.6) is 5.75 Å². The number of hydrogen-bond donors (Lipinski definition) is 1. The SMILES string of the molecule is COc1cccc2c(=O)c3cccc(C)c3[nH]c12. The van der Waals surface area contributed by atoms with E-state index in [0.29, 0.717) is 11.1 Å². The lowest BCUT2D eigenvalue weighted by molar-refractivity contribution is 0.419. The molecule has 0 spiro atoms. The molecule has 0 unspecified atom stereocenters. The van der Waals surface area contributed by atoms with E-state index in [-0.39, 0.29) is 5.43 Å². The molecule has 0 atom stereocenters. The highest BCUT2D eigenvalue weighted by molar-refractivity contribution is 5.96. The Morgan fingerprint density at radius 3 is 2.39 bits per heavy atom. The second-order valence-corrected chi connectivity index (χ2v) is 4.33. The molecule has 3 heteroatoms. The Kier molecular flexibility index (Phi) is 2.33. The molecule has 3 aromatic rings. The van der Waals surface area contributed by atoms with Crippen molar-refractivity contribution < 1.29 is 4.74 Å². The fourth-order valence-electron chi connectivity index (χ4n) is 2.31. The first-order valence-corrected chi connectivity index (χ1v) is 5.80. The third-order valence-electron chi connectivity index (χ3n) is 3.26. The second-order valence-electron chi connectivity index (χ2n) is 4.33. The number of pyridine rings is 1. The third-order valence-corrected chi connectivity index (χ3v) is 3.26. The number of ether oxygens (including phenoxy) is 1. The van der Waals surface area contributed by atoms with Crippen LogP contribution < -0.4 is 10.2 Å². The molecule has 0 aliphatic carbocycles. The molecule has 18 heavy (non-hydrogen) atoms. The van der Waals surface area contributed by atoms with Gasteiger partial charge in [0.15, 0.2) is 5.43 Å². The van der Waals surface area contributed by atoms with Crippen molar-refractivity contribution in [3.8, 4) is 5.75 Å². The average Bonchev–Trinajstić information content (AvgIpc) is 2.40. The van der Waals surface area contributed by atoms with Gasteiger partial charge in [-0.25, -0.2) is 0 Å². The van der Waals surface area contributed by atoms with E-state index in [1.807, 2.05) is 43.3 Å². The quantitative estimate of drug-likeness (QED) is 0.663. The number of hydrogen-bond acceptors (Lipinski definition) is 2. The highest BCUT2D eigenvalue weighted by atomic mass is 16.5. The molecule has 90 valence electrons. The summed E-state index contributed by atoms with van der Waals surface area (Å²) < 4.78 is 5.30. The molecular weight excluding hydrogens is 226 g/mol. The van der Waals surface area contributed by atoms with Crippen molar-refractivity contribution in [1.29, 1.82) is 0 Å². The van der Waals surface area contributed by atoms with Crippen LogP contribution in [0.25, 0.3) is 21.8 Å². The van der Waals surface area contributed by atoms with Crippen molar-refractivity contribution >= 4 is 21.8 Å². The molecule has 0 saturated carbocycles. The molecule has 0 fully saturated rings. The van der Waals surface area contributed by atoms with Crippen LogP contribution in [0.1, 0.15) is 5.56 Å². The van der Waals surface area contributed by atoms with Crippen LogP contribution >= 0.6 is 0 Å². The number of fused-ring (bicyclic) bond motifs is 2. The zero-order valence-corrected chi connectivity index (χ0v) is 10.3. The highest BCUT2D eigenvalue weighted by Gasteiger charge is 2.09. The van der Waals surface area contributed by atoms with Gasteiger partial charge in [0.2, 0.25) is 0 Å². The number of aromatic nitrogens is 1. The molecule has 1 heterocycles. The van der Waals surface area contributed by atoms with Gasteiger partial charge in [0, 0.05) is 10.8 Å². The summed E-state index contributed by atoms with van der Waals surface area (Å²) in [4.78, 5) is 15.7. The van der Waals surface area contributed by atoms with Crippen LogP contribution in [0.4, 0.5) is 0 Å². The Morgan fingerprint density at radius 2 is 1.67 bits per heavy atom. The van der Waals surface area contributed by atoms with Crippen molar-refractivity contribution in [2.45, 2.75) is 6.92 Å². The smallest absolute Gasteiger partial charge is 0.197 e. The maximum atomic E-state index is 12.4. The predicted octanol–water partition coefficient (Wildman–Crippen LogP) is 3.00. The summed E-state index contributed by atoms with van der Waals surface area (Å²) in [6.45, 7) is 1.99. The van der Waals surface area contributed by atoms with Crippen molar-refractivity contribution in [3.63, 3.8) is 0 Å². The second kappa shape index (κ2) is 3.88. The van der Waals surface area contributed by atoms with E-state index in [2.05, 4.69) is 4.98 Å². The molecule has 0 radical (unpaired) electrons. The molecule has 0 amide bonds. The van der Waals surface area contributed by atoms with Gasteiger partial charge in [0.05, 0.1) is 18.1 Å². The summed E-state index contributed by atoms with van der Waals surface area (Å²) in [7, 11) is 1.61. The van der Waals surface area contributed by atoms with Crippen LogP contribution in [0.15, 0.2) is 41.2 Å². The van der Waals surface area contributed by atoms with E-state index in [1.54, 1.807) is 7.11 Å². The van der Waals surface area contributed by atoms with Crippen molar-refractivity contribution in [2.75, 3.05) is 7.11 Å². The highest BCUT2D eigenvalue weighted by Crippen LogP contribution is 2.24. The van der Waals surface area contributed by atoms with Crippen LogP contribution in [-0.4, -0.2) is 12.1 Å². The minimum absolute atomic E-state index is 0.0429. The fourth-order valence-corrected chi connectivity index (χ4v) is 2.31. The molecule has 0 bridgehead atoms. The standard InChI is InChI=1S/C15H13NO2/c1-9-5-3-6-10-13(9)16-14-11(15(10)17)7-4-8-12(14)18-2/h3-8H,1-2H3,(H,16,17). The monoisotopic (exact) mass is 239 g/mol. The van der Waals surface area contributed by atoms with Gasteiger partial charge in [0.25, 0.3) is 0 Å². The lowest BCUT2D eigenvalue weighted by atomic mass is 10.1. The molecule has 1 N–H and O–H groups in total. The molecule has 3 nitrogen and oxygen atoms in total. The number of para-hydroxylation sites is 2. The van der Waals surface area contributed by atoms with Gasteiger partial charge in [-0.05, 0) is 30.7 Å². The fraction of sp³-hybridized carbons (Fsp3) is 0.133. The van der Waals surface area contributed by atoms with E-state index >= 15 is 0 Å². The largest absolute Gasteiger partial charge is 0.495 e. The summed E-state index contributed by atoms with van der Waals surface area (Å²) in [6.07, 6.45) is 0. The first kappa shape index (κ1) is 10.8. The van der Waals surface area contributed by atoms with E-state index in [4.69, 9.17) is 4.74 Å². The van der Waals surface area contributed by atoms with E-state index in [1.165, 1.54) is 0 Å². The van der Waals surface area contributed by atoms with Gasteiger partial charge < -0.3 is 9.72 Å².